The predicted octanol–water partition coefficient (Wildman–Crippen LogP) is 1.78. The third-order valence-electron chi connectivity index (χ3n) is 3.41. The molecule has 0 spiro atoms. The summed E-state index contributed by atoms with van der Waals surface area (Å²) in [5.41, 5.74) is 3.31. The van der Waals surface area contributed by atoms with Gasteiger partial charge in [0, 0.05) is 6.04 Å². The minimum absolute atomic E-state index is 0.0752. The van der Waals surface area contributed by atoms with Gasteiger partial charge in [-0.25, -0.2) is 0 Å². The first-order valence-corrected chi connectivity index (χ1v) is 8.43. The van der Waals surface area contributed by atoms with Gasteiger partial charge in [-0.3, -0.25) is 9.36 Å². The molecular weight excluding hydrogens is 312 g/mol. The summed E-state index contributed by atoms with van der Waals surface area (Å²) in [5.74, 6) is 0.878. The first kappa shape index (κ1) is 17.5. The molecule has 1 aromatic carbocycles. The lowest BCUT2D eigenvalue weighted by Gasteiger charge is -2.13. The normalized spacial score (nSPS) is 12.2. The van der Waals surface area contributed by atoms with Crippen LogP contribution in [0.3, 0.4) is 0 Å². The van der Waals surface area contributed by atoms with Crippen molar-refractivity contribution in [2.75, 3.05) is 12.4 Å². The molecule has 124 valence electrons. The number of aryl methyl sites for hydroxylation is 3. The molecule has 23 heavy (non-hydrogen) atoms. The fraction of sp³-hybridized carbons (Fsp3) is 0.438. The maximum atomic E-state index is 11.9. The van der Waals surface area contributed by atoms with Crippen LogP contribution in [0, 0.1) is 20.8 Å². The topological polar surface area (TPSA) is 80.0 Å². The minimum Gasteiger partial charge on any atom is -0.394 e. The molecule has 1 amide bonds. The highest BCUT2D eigenvalue weighted by Crippen LogP contribution is 2.24. The molecule has 1 atom stereocenters. The van der Waals surface area contributed by atoms with Crippen LogP contribution >= 0.6 is 11.8 Å². The van der Waals surface area contributed by atoms with Crippen LogP contribution in [0.25, 0.3) is 5.69 Å². The van der Waals surface area contributed by atoms with Crippen molar-refractivity contribution in [3.63, 3.8) is 0 Å². The van der Waals surface area contributed by atoms with Gasteiger partial charge in [0.2, 0.25) is 5.91 Å². The molecule has 0 saturated carbocycles. The molecule has 0 aliphatic carbocycles. The number of benzene rings is 1. The molecule has 0 fully saturated rings. The van der Waals surface area contributed by atoms with Crippen molar-refractivity contribution in [1.29, 1.82) is 0 Å². The fourth-order valence-electron chi connectivity index (χ4n) is 2.17. The van der Waals surface area contributed by atoms with Gasteiger partial charge >= 0.3 is 0 Å². The van der Waals surface area contributed by atoms with E-state index in [4.69, 9.17) is 5.11 Å². The Morgan fingerprint density at radius 1 is 1.35 bits per heavy atom. The van der Waals surface area contributed by atoms with Crippen LogP contribution in [0.4, 0.5) is 0 Å². The van der Waals surface area contributed by atoms with Gasteiger partial charge in [0.25, 0.3) is 0 Å². The standard InChI is InChI=1S/C16H22N4O2S/c1-10-5-6-11(2)14(7-10)20-13(4)18-19-16(20)23-9-15(22)17-12(3)8-21/h5-7,12,21H,8-9H2,1-4H3,(H,17,22). The predicted molar refractivity (Wildman–Crippen MR) is 91.0 cm³/mol. The van der Waals surface area contributed by atoms with Crippen molar-refractivity contribution in [3.8, 4) is 5.69 Å². The maximum Gasteiger partial charge on any atom is 0.230 e. The second-order valence-corrected chi connectivity index (χ2v) is 6.54. The molecule has 2 N–H and O–H groups in total. The van der Waals surface area contributed by atoms with E-state index in [1.165, 1.54) is 11.8 Å². The lowest BCUT2D eigenvalue weighted by atomic mass is 10.1. The molecule has 1 heterocycles. The van der Waals surface area contributed by atoms with Gasteiger partial charge in [0.05, 0.1) is 18.0 Å². The SMILES string of the molecule is Cc1ccc(C)c(-n2c(C)nnc2SCC(=O)NC(C)CO)c1. The summed E-state index contributed by atoms with van der Waals surface area (Å²) in [7, 11) is 0. The third-order valence-corrected chi connectivity index (χ3v) is 4.34. The first-order valence-electron chi connectivity index (χ1n) is 7.45. The van der Waals surface area contributed by atoms with Crippen molar-refractivity contribution >= 4 is 17.7 Å². The number of hydrogen-bond donors (Lipinski definition) is 2. The van der Waals surface area contributed by atoms with Gasteiger partial charge in [0.1, 0.15) is 5.82 Å². The molecule has 6 nitrogen and oxygen atoms in total. The molecule has 0 bridgehead atoms. The molecule has 7 heteroatoms. The summed E-state index contributed by atoms with van der Waals surface area (Å²) in [6, 6.07) is 5.97. The number of aliphatic hydroxyl groups is 1. The second-order valence-electron chi connectivity index (χ2n) is 5.59. The zero-order valence-electron chi connectivity index (χ0n) is 13.8. The summed E-state index contributed by atoms with van der Waals surface area (Å²) in [4.78, 5) is 11.9. The van der Waals surface area contributed by atoms with Gasteiger partial charge in [-0.1, -0.05) is 23.9 Å². The number of nitrogens with one attached hydrogen (secondary N) is 1. The Labute approximate surface area is 140 Å². The Morgan fingerprint density at radius 2 is 2.09 bits per heavy atom. The summed E-state index contributed by atoms with van der Waals surface area (Å²) in [5, 5.41) is 20.7. The minimum atomic E-state index is -0.248. The number of thioether (sulfide) groups is 1. The first-order chi connectivity index (χ1) is 10.9. The average molecular weight is 334 g/mol. The number of amides is 1. The maximum absolute atomic E-state index is 11.9. The van der Waals surface area contributed by atoms with E-state index in [9.17, 15) is 4.79 Å². The number of carbonyl (C=O) groups excluding carboxylic acids is 1. The largest absolute Gasteiger partial charge is 0.394 e. The number of hydrogen-bond acceptors (Lipinski definition) is 5. The van der Waals surface area contributed by atoms with E-state index in [-0.39, 0.29) is 24.3 Å². The van der Waals surface area contributed by atoms with Crippen molar-refractivity contribution in [2.24, 2.45) is 0 Å². The Hall–Kier alpha value is -1.86. The fourth-order valence-corrected chi connectivity index (χ4v) is 2.97. The van der Waals surface area contributed by atoms with Crippen LogP contribution in [0.5, 0.6) is 0 Å². The van der Waals surface area contributed by atoms with E-state index in [0.717, 1.165) is 22.6 Å². The number of carbonyl (C=O) groups is 1. The second kappa shape index (κ2) is 7.61. The third kappa shape index (κ3) is 4.33. The highest BCUT2D eigenvalue weighted by atomic mass is 32.2. The van der Waals surface area contributed by atoms with E-state index < -0.39 is 0 Å². The van der Waals surface area contributed by atoms with Crippen LogP contribution in [-0.2, 0) is 4.79 Å². The monoisotopic (exact) mass is 334 g/mol. The van der Waals surface area contributed by atoms with Gasteiger partial charge in [0.15, 0.2) is 5.16 Å². The summed E-state index contributed by atoms with van der Waals surface area (Å²) < 4.78 is 1.97. The Balaban J connectivity index is 2.19. The Bertz CT molecular complexity index is 699. The zero-order valence-corrected chi connectivity index (χ0v) is 14.6. The van der Waals surface area contributed by atoms with E-state index >= 15 is 0 Å². The molecule has 2 aromatic rings. The molecule has 0 aliphatic rings. The smallest absolute Gasteiger partial charge is 0.230 e. The number of nitrogens with zero attached hydrogens (tertiary/aromatic N) is 3. The summed E-state index contributed by atoms with van der Waals surface area (Å²) in [6.45, 7) is 7.66. The van der Waals surface area contributed by atoms with Gasteiger partial charge < -0.3 is 10.4 Å². The average Bonchev–Trinajstić information content (AvgIpc) is 2.88. The van der Waals surface area contributed by atoms with Crippen molar-refractivity contribution in [1.82, 2.24) is 20.1 Å². The summed E-state index contributed by atoms with van der Waals surface area (Å²) in [6.07, 6.45) is 0. The lowest BCUT2D eigenvalue weighted by Crippen LogP contribution is -2.36. The van der Waals surface area contributed by atoms with Crippen LogP contribution in [0.2, 0.25) is 0 Å². The number of rotatable bonds is 6. The molecule has 0 saturated heterocycles. The van der Waals surface area contributed by atoms with Gasteiger partial charge in [-0.15, -0.1) is 10.2 Å². The molecule has 1 unspecified atom stereocenters. The van der Waals surface area contributed by atoms with E-state index in [0.29, 0.717) is 5.16 Å². The molecule has 0 radical (unpaired) electrons. The highest BCUT2D eigenvalue weighted by Gasteiger charge is 2.15. The van der Waals surface area contributed by atoms with E-state index in [1.807, 2.05) is 25.3 Å². The van der Waals surface area contributed by atoms with Crippen LogP contribution in [0.1, 0.15) is 23.9 Å². The highest BCUT2D eigenvalue weighted by molar-refractivity contribution is 7.99. The molecule has 1 aromatic heterocycles. The van der Waals surface area contributed by atoms with Crippen molar-refractivity contribution in [3.05, 3.63) is 35.2 Å². The quantitative estimate of drug-likeness (QED) is 0.787. The van der Waals surface area contributed by atoms with Gasteiger partial charge in [-0.05, 0) is 44.9 Å². The van der Waals surface area contributed by atoms with Crippen molar-refractivity contribution in [2.45, 2.75) is 38.9 Å². The van der Waals surface area contributed by atoms with E-state index in [2.05, 4.69) is 33.7 Å². The van der Waals surface area contributed by atoms with Crippen LogP contribution in [0.15, 0.2) is 23.4 Å². The number of aromatic nitrogens is 3. The van der Waals surface area contributed by atoms with Crippen LogP contribution < -0.4 is 5.32 Å². The summed E-state index contributed by atoms with van der Waals surface area (Å²) >= 11 is 1.33. The van der Waals surface area contributed by atoms with E-state index in [1.54, 1.807) is 6.92 Å². The van der Waals surface area contributed by atoms with Gasteiger partial charge in [-0.2, -0.15) is 0 Å². The molecule has 0 aliphatic heterocycles. The number of aliphatic hydroxyl groups excluding tert-OH is 1. The lowest BCUT2D eigenvalue weighted by molar-refractivity contribution is -0.119. The molecular formula is C16H22N4O2S. The van der Waals surface area contributed by atoms with Crippen molar-refractivity contribution < 1.29 is 9.90 Å². The van der Waals surface area contributed by atoms with Crippen LogP contribution in [-0.4, -0.2) is 44.2 Å². The Morgan fingerprint density at radius 3 is 2.78 bits per heavy atom. The zero-order chi connectivity index (χ0) is 17.0. The molecule has 2 rings (SSSR count). The Kier molecular flexibility index (Phi) is 5.79.